The van der Waals surface area contributed by atoms with Crippen LogP contribution in [0.4, 0.5) is 5.69 Å². The van der Waals surface area contributed by atoms with Crippen LogP contribution < -0.4 is 5.32 Å². The monoisotopic (exact) mass is 393 g/mol. The molecule has 30 heavy (non-hydrogen) atoms. The fourth-order valence-corrected chi connectivity index (χ4v) is 5.07. The van der Waals surface area contributed by atoms with Crippen molar-refractivity contribution in [2.75, 3.05) is 18.4 Å². The Labute approximate surface area is 175 Å². The summed E-state index contributed by atoms with van der Waals surface area (Å²) in [6.45, 7) is 1.48. The van der Waals surface area contributed by atoms with Gasteiger partial charge in [-0.05, 0) is 60.0 Å². The first-order valence-corrected chi connectivity index (χ1v) is 10.6. The van der Waals surface area contributed by atoms with Crippen LogP contribution in [0.15, 0.2) is 85.1 Å². The fourth-order valence-electron chi connectivity index (χ4n) is 5.07. The summed E-state index contributed by atoms with van der Waals surface area (Å²) in [5.74, 6) is 0.127. The molecule has 1 amide bonds. The van der Waals surface area contributed by atoms with Gasteiger partial charge in [-0.25, -0.2) is 0 Å². The third kappa shape index (κ3) is 2.57. The zero-order valence-corrected chi connectivity index (χ0v) is 16.7. The van der Waals surface area contributed by atoms with E-state index in [1.165, 1.54) is 11.4 Å². The van der Waals surface area contributed by atoms with Crippen molar-refractivity contribution in [1.29, 1.82) is 0 Å². The predicted octanol–water partition coefficient (Wildman–Crippen LogP) is 5.19. The summed E-state index contributed by atoms with van der Waals surface area (Å²) in [5, 5.41) is 6.09. The minimum absolute atomic E-state index is 0.127. The molecule has 6 rings (SSSR count). The SMILES string of the molecule is O=C(c1ccc2ccccc2c1)N1CCC2(CC1)Nc1ccccc1-n1cccc12. The molecule has 0 unspecified atom stereocenters. The lowest BCUT2D eigenvalue weighted by atomic mass is 9.82. The van der Waals surface area contributed by atoms with E-state index in [1.54, 1.807) is 0 Å². The largest absolute Gasteiger partial charge is 0.372 e. The Morgan fingerprint density at radius 3 is 2.47 bits per heavy atom. The van der Waals surface area contributed by atoms with E-state index in [0.717, 1.165) is 48.0 Å². The number of piperidine rings is 1. The van der Waals surface area contributed by atoms with Crippen LogP contribution in [0.1, 0.15) is 28.9 Å². The quantitative estimate of drug-likeness (QED) is 0.483. The van der Waals surface area contributed by atoms with Crippen molar-refractivity contribution < 1.29 is 4.79 Å². The number of anilines is 1. The number of para-hydroxylation sites is 2. The van der Waals surface area contributed by atoms with Crippen LogP contribution in [0.3, 0.4) is 0 Å². The van der Waals surface area contributed by atoms with E-state index in [2.05, 4.69) is 64.6 Å². The smallest absolute Gasteiger partial charge is 0.253 e. The molecule has 4 heteroatoms. The van der Waals surface area contributed by atoms with Crippen LogP contribution in [0, 0.1) is 0 Å². The van der Waals surface area contributed by atoms with Crippen molar-refractivity contribution >= 4 is 22.4 Å². The van der Waals surface area contributed by atoms with Gasteiger partial charge >= 0.3 is 0 Å². The van der Waals surface area contributed by atoms with Crippen LogP contribution in [0.2, 0.25) is 0 Å². The fraction of sp³-hybridized carbons (Fsp3) is 0.192. The standard InChI is InChI=1S/C26H23N3O/c30-25(21-12-11-19-6-1-2-7-20(19)18-21)28-16-13-26(14-17-28)24-10-5-15-29(24)23-9-4-3-8-22(23)27-26/h1-12,15,18,27H,13-14,16-17H2. The minimum atomic E-state index is -0.127. The van der Waals surface area contributed by atoms with E-state index >= 15 is 0 Å². The van der Waals surface area contributed by atoms with Gasteiger partial charge in [0.05, 0.1) is 16.9 Å². The Morgan fingerprint density at radius 2 is 1.60 bits per heavy atom. The van der Waals surface area contributed by atoms with Gasteiger partial charge in [-0.15, -0.1) is 0 Å². The third-order valence-electron chi connectivity index (χ3n) is 6.68. The average molecular weight is 393 g/mol. The van der Waals surface area contributed by atoms with Gasteiger partial charge in [0.15, 0.2) is 0 Å². The summed E-state index contributed by atoms with van der Waals surface area (Å²) in [7, 11) is 0. The first-order chi connectivity index (χ1) is 14.7. The highest BCUT2D eigenvalue weighted by Crippen LogP contribution is 2.43. The summed E-state index contributed by atoms with van der Waals surface area (Å²) in [5.41, 5.74) is 4.29. The Kier molecular flexibility index (Phi) is 3.75. The molecule has 2 aliphatic heterocycles. The first kappa shape index (κ1) is 17.3. The maximum Gasteiger partial charge on any atom is 0.253 e. The second-order valence-electron chi connectivity index (χ2n) is 8.34. The normalized spacial score (nSPS) is 16.7. The summed E-state index contributed by atoms with van der Waals surface area (Å²) in [4.78, 5) is 15.2. The number of nitrogens with zero attached hydrogens (tertiary/aromatic N) is 2. The number of hydrogen-bond acceptors (Lipinski definition) is 2. The lowest BCUT2D eigenvalue weighted by Crippen LogP contribution is -2.51. The van der Waals surface area contributed by atoms with Gasteiger partial charge in [-0.2, -0.15) is 0 Å². The molecule has 2 aliphatic rings. The van der Waals surface area contributed by atoms with Crippen LogP contribution in [0.5, 0.6) is 0 Å². The number of likely N-dealkylation sites (tertiary alicyclic amines) is 1. The Bertz CT molecular complexity index is 1260. The third-order valence-corrected chi connectivity index (χ3v) is 6.68. The molecule has 0 atom stereocenters. The second kappa shape index (κ2) is 6.49. The number of carbonyl (C=O) groups excluding carboxylic acids is 1. The van der Waals surface area contributed by atoms with Gasteiger partial charge < -0.3 is 14.8 Å². The highest BCUT2D eigenvalue weighted by atomic mass is 16.2. The number of hydrogen-bond donors (Lipinski definition) is 1. The van der Waals surface area contributed by atoms with Gasteiger partial charge in [-0.1, -0.05) is 42.5 Å². The number of rotatable bonds is 1. The lowest BCUT2D eigenvalue weighted by Gasteiger charge is -2.46. The van der Waals surface area contributed by atoms with Crippen molar-refractivity contribution in [3.63, 3.8) is 0 Å². The molecule has 0 saturated carbocycles. The maximum atomic E-state index is 13.2. The van der Waals surface area contributed by atoms with E-state index in [1.807, 2.05) is 35.2 Å². The Hall–Kier alpha value is -3.53. The Balaban J connectivity index is 1.27. The summed E-state index contributed by atoms with van der Waals surface area (Å²) >= 11 is 0. The van der Waals surface area contributed by atoms with Gasteiger partial charge in [-0.3, -0.25) is 4.79 Å². The molecule has 0 aliphatic carbocycles. The maximum absolute atomic E-state index is 13.2. The van der Waals surface area contributed by atoms with Crippen molar-refractivity contribution in [3.8, 4) is 5.69 Å². The summed E-state index contributed by atoms with van der Waals surface area (Å²) in [6, 6.07) is 27.0. The number of aromatic nitrogens is 1. The van der Waals surface area contributed by atoms with Crippen molar-refractivity contribution in [2.45, 2.75) is 18.4 Å². The average Bonchev–Trinajstić information content (AvgIpc) is 3.30. The minimum Gasteiger partial charge on any atom is -0.372 e. The Morgan fingerprint density at radius 1 is 0.833 bits per heavy atom. The van der Waals surface area contributed by atoms with Crippen LogP contribution in [-0.4, -0.2) is 28.5 Å². The zero-order valence-electron chi connectivity index (χ0n) is 16.7. The topological polar surface area (TPSA) is 37.3 Å². The molecule has 0 bridgehead atoms. The predicted molar refractivity (Wildman–Crippen MR) is 120 cm³/mol. The van der Waals surface area contributed by atoms with E-state index < -0.39 is 0 Å². The van der Waals surface area contributed by atoms with Crippen LogP contribution >= 0.6 is 0 Å². The van der Waals surface area contributed by atoms with Gasteiger partial charge in [0.2, 0.25) is 0 Å². The van der Waals surface area contributed by atoms with Gasteiger partial charge in [0.25, 0.3) is 5.91 Å². The van der Waals surface area contributed by atoms with E-state index in [-0.39, 0.29) is 11.4 Å². The van der Waals surface area contributed by atoms with E-state index in [0.29, 0.717) is 0 Å². The number of nitrogens with one attached hydrogen (secondary N) is 1. The van der Waals surface area contributed by atoms with Gasteiger partial charge in [0, 0.05) is 30.5 Å². The molecule has 3 aromatic carbocycles. The molecule has 1 aromatic heterocycles. The molecule has 4 aromatic rings. The van der Waals surface area contributed by atoms with Crippen LogP contribution in [0.25, 0.3) is 16.5 Å². The van der Waals surface area contributed by atoms with E-state index in [9.17, 15) is 4.79 Å². The van der Waals surface area contributed by atoms with E-state index in [4.69, 9.17) is 0 Å². The number of fused-ring (bicyclic) bond motifs is 5. The van der Waals surface area contributed by atoms with Crippen molar-refractivity contribution in [2.24, 2.45) is 0 Å². The molecule has 1 N–H and O–H groups in total. The van der Waals surface area contributed by atoms with Crippen molar-refractivity contribution in [1.82, 2.24) is 9.47 Å². The first-order valence-electron chi connectivity index (χ1n) is 10.6. The molecule has 1 saturated heterocycles. The molecular formula is C26H23N3O. The molecular weight excluding hydrogens is 370 g/mol. The van der Waals surface area contributed by atoms with Crippen molar-refractivity contribution in [3.05, 3.63) is 96.3 Å². The highest BCUT2D eigenvalue weighted by molar-refractivity contribution is 5.98. The molecule has 3 heterocycles. The lowest BCUT2D eigenvalue weighted by molar-refractivity contribution is 0.0676. The summed E-state index contributed by atoms with van der Waals surface area (Å²) < 4.78 is 2.30. The molecule has 4 nitrogen and oxygen atoms in total. The molecule has 148 valence electrons. The zero-order chi connectivity index (χ0) is 20.1. The number of benzene rings is 3. The molecule has 0 radical (unpaired) electrons. The highest BCUT2D eigenvalue weighted by Gasteiger charge is 2.42. The van der Waals surface area contributed by atoms with Crippen LogP contribution in [-0.2, 0) is 5.54 Å². The number of carbonyl (C=O) groups is 1. The summed E-state index contributed by atoms with van der Waals surface area (Å²) in [6.07, 6.45) is 3.93. The molecule has 1 spiro atoms. The van der Waals surface area contributed by atoms with Gasteiger partial charge in [0.1, 0.15) is 0 Å². The number of amides is 1. The second-order valence-corrected chi connectivity index (χ2v) is 8.34. The molecule has 1 fully saturated rings.